The van der Waals surface area contributed by atoms with Crippen LogP contribution in [0.4, 0.5) is 14.5 Å². The number of rotatable bonds is 5. The smallest absolute Gasteiger partial charge is 0.387 e. The molecule has 0 saturated heterocycles. The summed E-state index contributed by atoms with van der Waals surface area (Å²) in [7, 11) is 0. The molecule has 1 rings (SSSR count). The van der Waals surface area contributed by atoms with Crippen molar-refractivity contribution in [2.45, 2.75) is 26.0 Å². The van der Waals surface area contributed by atoms with Crippen LogP contribution in [0.5, 0.6) is 5.75 Å². The van der Waals surface area contributed by atoms with Gasteiger partial charge in [0.15, 0.2) is 0 Å². The SMILES string of the molecule is CC(C)(Nc1ccc(OC(F)F)cc1)C(=O)O. The standard InChI is InChI=1S/C11H13F2NO3/c1-11(2,9(15)16)14-7-3-5-8(6-4-7)17-10(12)13/h3-6,10,14H,1-2H3,(H,15,16). The fourth-order valence-corrected chi connectivity index (χ4v) is 1.13. The first kappa shape index (κ1) is 13.2. The average Bonchev–Trinajstić information content (AvgIpc) is 2.19. The maximum absolute atomic E-state index is 11.9. The van der Waals surface area contributed by atoms with E-state index in [9.17, 15) is 13.6 Å². The third-order valence-electron chi connectivity index (χ3n) is 2.07. The largest absolute Gasteiger partial charge is 0.480 e. The Labute approximate surface area is 97.2 Å². The van der Waals surface area contributed by atoms with Crippen LogP contribution in [0.3, 0.4) is 0 Å². The van der Waals surface area contributed by atoms with E-state index in [4.69, 9.17) is 5.11 Å². The molecule has 1 aromatic carbocycles. The number of aliphatic carboxylic acids is 1. The summed E-state index contributed by atoms with van der Waals surface area (Å²) in [5.74, 6) is -0.982. The van der Waals surface area contributed by atoms with Gasteiger partial charge in [-0.15, -0.1) is 0 Å². The van der Waals surface area contributed by atoms with Crippen molar-refractivity contribution in [1.82, 2.24) is 0 Å². The highest BCUT2D eigenvalue weighted by Gasteiger charge is 2.26. The summed E-state index contributed by atoms with van der Waals surface area (Å²) in [5, 5.41) is 11.6. The zero-order chi connectivity index (χ0) is 13.1. The van der Waals surface area contributed by atoms with Gasteiger partial charge in [0.1, 0.15) is 11.3 Å². The van der Waals surface area contributed by atoms with Gasteiger partial charge in [0.05, 0.1) is 0 Å². The van der Waals surface area contributed by atoms with Crippen LogP contribution >= 0.6 is 0 Å². The molecule has 4 nitrogen and oxygen atoms in total. The number of anilines is 1. The zero-order valence-corrected chi connectivity index (χ0v) is 9.41. The molecule has 1 aromatic rings. The number of carboxylic acid groups (broad SMARTS) is 1. The first-order valence-corrected chi connectivity index (χ1v) is 4.88. The molecule has 0 amide bonds. The van der Waals surface area contributed by atoms with Gasteiger partial charge < -0.3 is 15.2 Å². The van der Waals surface area contributed by atoms with E-state index >= 15 is 0 Å². The molecule has 0 aliphatic heterocycles. The molecule has 0 heterocycles. The van der Waals surface area contributed by atoms with E-state index in [1.807, 2.05) is 0 Å². The molecule has 94 valence electrons. The summed E-state index contributed by atoms with van der Waals surface area (Å²) in [4.78, 5) is 10.9. The predicted octanol–water partition coefficient (Wildman–Crippen LogP) is 2.56. The van der Waals surface area contributed by atoms with E-state index in [2.05, 4.69) is 10.1 Å². The number of carboxylic acids is 1. The molecule has 17 heavy (non-hydrogen) atoms. The molecule has 0 radical (unpaired) electrons. The highest BCUT2D eigenvalue weighted by atomic mass is 19.3. The Kier molecular flexibility index (Phi) is 3.88. The lowest BCUT2D eigenvalue weighted by Crippen LogP contribution is -2.39. The molecule has 6 heteroatoms. The van der Waals surface area contributed by atoms with Crippen molar-refractivity contribution in [2.75, 3.05) is 5.32 Å². The van der Waals surface area contributed by atoms with Crippen LogP contribution in [0.2, 0.25) is 0 Å². The van der Waals surface area contributed by atoms with E-state index in [-0.39, 0.29) is 5.75 Å². The van der Waals surface area contributed by atoms with E-state index in [0.29, 0.717) is 5.69 Å². The van der Waals surface area contributed by atoms with Crippen LogP contribution < -0.4 is 10.1 Å². The number of hydrogen-bond acceptors (Lipinski definition) is 3. The minimum atomic E-state index is -2.87. The van der Waals surface area contributed by atoms with Gasteiger partial charge in [-0.25, -0.2) is 4.79 Å². The Bertz CT molecular complexity index is 390. The lowest BCUT2D eigenvalue weighted by Gasteiger charge is -2.22. The van der Waals surface area contributed by atoms with Crippen LogP contribution in [0.25, 0.3) is 0 Å². The predicted molar refractivity (Wildman–Crippen MR) is 58.4 cm³/mol. The Hall–Kier alpha value is -1.85. The molecule has 0 saturated carbocycles. The first-order chi connectivity index (χ1) is 7.81. The molecule has 0 atom stereocenters. The average molecular weight is 245 g/mol. The highest BCUT2D eigenvalue weighted by molar-refractivity contribution is 5.81. The minimum absolute atomic E-state index is 0.0266. The molecule has 2 N–H and O–H groups in total. The second-order valence-electron chi connectivity index (χ2n) is 3.96. The van der Waals surface area contributed by atoms with Crippen LogP contribution in [0.1, 0.15) is 13.8 Å². The summed E-state index contributed by atoms with van der Waals surface area (Å²) in [6.45, 7) is 0.127. The van der Waals surface area contributed by atoms with Gasteiger partial charge in [-0.2, -0.15) is 8.78 Å². The summed E-state index contributed by atoms with van der Waals surface area (Å²) in [6.07, 6.45) is 0. The van der Waals surface area contributed by atoms with Gasteiger partial charge in [0.25, 0.3) is 0 Å². The monoisotopic (exact) mass is 245 g/mol. The van der Waals surface area contributed by atoms with E-state index in [0.717, 1.165) is 0 Å². The van der Waals surface area contributed by atoms with Crippen LogP contribution in [0.15, 0.2) is 24.3 Å². The molecule has 0 aromatic heterocycles. The van der Waals surface area contributed by atoms with E-state index in [1.165, 1.54) is 38.1 Å². The number of carbonyl (C=O) groups is 1. The van der Waals surface area contributed by atoms with Gasteiger partial charge in [0, 0.05) is 5.69 Å². The normalized spacial score (nSPS) is 11.4. The molecule has 0 unspecified atom stereocenters. The second-order valence-corrected chi connectivity index (χ2v) is 3.96. The number of benzene rings is 1. The van der Waals surface area contributed by atoms with Gasteiger partial charge in [0.2, 0.25) is 0 Å². The lowest BCUT2D eigenvalue weighted by atomic mass is 10.1. The van der Waals surface area contributed by atoms with Crippen LogP contribution in [-0.4, -0.2) is 23.2 Å². The maximum atomic E-state index is 11.9. The van der Waals surface area contributed by atoms with E-state index in [1.54, 1.807) is 0 Å². The van der Waals surface area contributed by atoms with Gasteiger partial charge in [-0.1, -0.05) is 0 Å². The molecule has 0 aliphatic carbocycles. The Balaban J connectivity index is 2.72. The number of nitrogens with one attached hydrogen (secondary N) is 1. The molecule has 0 spiro atoms. The number of alkyl halides is 2. The van der Waals surface area contributed by atoms with Crippen LogP contribution in [0, 0.1) is 0 Å². The van der Waals surface area contributed by atoms with Crippen molar-refractivity contribution >= 4 is 11.7 Å². The third-order valence-corrected chi connectivity index (χ3v) is 2.07. The Morgan fingerprint density at radius 2 is 1.88 bits per heavy atom. The molecular formula is C11H13F2NO3. The van der Waals surface area contributed by atoms with Crippen LogP contribution in [-0.2, 0) is 4.79 Å². The Morgan fingerprint density at radius 3 is 2.29 bits per heavy atom. The number of hydrogen-bond donors (Lipinski definition) is 2. The fraction of sp³-hybridized carbons (Fsp3) is 0.364. The summed E-state index contributed by atoms with van der Waals surface area (Å²) in [6, 6.07) is 5.63. The minimum Gasteiger partial charge on any atom is -0.480 e. The molecule has 0 aliphatic rings. The van der Waals surface area contributed by atoms with Gasteiger partial charge >= 0.3 is 12.6 Å². The van der Waals surface area contributed by atoms with Crippen molar-refractivity contribution in [2.24, 2.45) is 0 Å². The summed E-state index contributed by atoms with van der Waals surface area (Å²) in [5.41, 5.74) is -0.621. The maximum Gasteiger partial charge on any atom is 0.387 e. The van der Waals surface area contributed by atoms with E-state index < -0.39 is 18.1 Å². The number of halogens is 2. The van der Waals surface area contributed by atoms with Gasteiger partial charge in [-0.05, 0) is 38.1 Å². The summed E-state index contributed by atoms with van der Waals surface area (Å²) < 4.78 is 27.9. The number of ether oxygens (including phenoxy) is 1. The highest BCUT2D eigenvalue weighted by Crippen LogP contribution is 2.20. The van der Waals surface area contributed by atoms with Crippen molar-refractivity contribution in [3.8, 4) is 5.75 Å². The van der Waals surface area contributed by atoms with Crippen molar-refractivity contribution < 1.29 is 23.4 Å². The molecular weight excluding hydrogens is 232 g/mol. The van der Waals surface area contributed by atoms with Crippen molar-refractivity contribution in [1.29, 1.82) is 0 Å². The van der Waals surface area contributed by atoms with Crippen molar-refractivity contribution in [3.63, 3.8) is 0 Å². The summed E-state index contributed by atoms with van der Waals surface area (Å²) >= 11 is 0. The fourth-order valence-electron chi connectivity index (χ4n) is 1.13. The molecule has 0 fully saturated rings. The lowest BCUT2D eigenvalue weighted by molar-refractivity contribution is -0.141. The second kappa shape index (κ2) is 4.99. The Morgan fingerprint density at radius 1 is 1.35 bits per heavy atom. The first-order valence-electron chi connectivity index (χ1n) is 4.88. The third kappa shape index (κ3) is 3.90. The topological polar surface area (TPSA) is 58.6 Å². The van der Waals surface area contributed by atoms with Crippen molar-refractivity contribution in [3.05, 3.63) is 24.3 Å². The molecule has 0 bridgehead atoms. The quantitative estimate of drug-likeness (QED) is 0.837. The zero-order valence-electron chi connectivity index (χ0n) is 9.41. The van der Waals surface area contributed by atoms with Gasteiger partial charge in [-0.3, -0.25) is 0 Å².